The van der Waals surface area contributed by atoms with E-state index in [9.17, 15) is 0 Å². The predicted molar refractivity (Wildman–Crippen MR) is 46.6 cm³/mol. The highest BCUT2D eigenvalue weighted by Crippen LogP contribution is 2.07. The minimum atomic E-state index is 1.22. The van der Waals surface area contributed by atoms with Gasteiger partial charge in [-0.25, -0.2) is 0 Å². The number of hydrogen-bond donors (Lipinski definition) is 0. The van der Waals surface area contributed by atoms with Crippen LogP contribution in [0.25, 0.3) is 0 Å². The zero-order valence-corrected chi connectivity index (χ0v) is 7.23. The molecule has 0 aliphatic carbocycles. The summed E-state index contributed by atoms with van der Waals surface area (Å²) in [6.45, 7) is 2.67. The maximum Gasteiger partial charge on any atom is 0.280 e. The van der Waals surface area contributed by atoms with Crippen LogP contribution in [0.5, 0.6) is 0 Å². The van der Waals surface area contributed by atoms with E-state index in [0.29, 0.717) is 0 Å². The third-order valence-corrected chi connectivity index (χ3v) is 2.58. The molecule has 0 radical (unpaired) electrons. The summed E-state index contributed by atoms with van der Waals surface area (Å²) in [5.41, 5.74) is 0. The first-order chi connectivity index (χ1) is 3.93. The fraction of sp³-hybridized carbons (Fsp3) is 1.00. The van der Waals surface area contributed by atoms with Crippen molar-refractivity contribution >= 4 is 27.6 Å². The standard InChI is InChI=1S/C5H11BIN/c7-6-8-4-2-1-3-5-8/h6H,1-5H2. The van der Waals surface area contributed by atoms with E-state index in [0.717, 1.165) is 0 Å². The van der Waals surface area contributed by atoms with Crippen LogP contribution in [-0.4, -0.2) is 23.2 Å². The van der Waals surface area contributed by atoms with Gasteiger partial charge >= 0.3 is 0 Å². The van der Waals surface area contributed by atoms with Crippen molar-refractivity contribution in [1.29, 1.82) is 0 Å². The molecule has 3 heteroatoms. The summed E-state index contributed by atoms with van der Waals surface area (Å²) < 4.78 is 0. The van der Waals surface area contributed by atoms with Gasteiger partial charge in [-0.3, -0.25) is 0 Å². The van der Waals surface area contributed by atoms with E-state index in [1.54, 1.807) is 0 Å². The van der Waals surface area contributed by atoms with Crippen molar-refractivity contribution in [2.24, 2.45) is 0 Å². The van der Waals surface area contributed by atoms with Crippen molar-refractivity contribution in [3.8, 4) is 0 Å². The minimum Gasteiger partial charge on any atom is -0.336 e. The highest BCUT2D eigenvalue weighted by atomic mass is 127. The van der Waals surface area contributed by atoms with E-state index < -0.39 is 0 Å². The zero-order chi connectivity index (χ0) is 5.82. The molecule has 1 saturated heterocycles. The highest BCUT2D eigenvalue weighted by Gasteiger charge is 2.07. The molecule has 1 nitrogen and oxygen atoms in total. The van der Waals surface area contributed by atoms with E-state index in [1.807, 2.05) is 0 Å². The van der Waals surface area contributed by atoms with Gasteiger partial charge in [-0.2, -0.15) is 0 Å². The van der Waals surface area contributed by atoms with Gasteiger partial charge in [-0.05, 0) is 25.9 Å². The van der Waals surface area contributed by atoms with Crippen LogP contribution in [0.2, 0.25) is 0 Å². The molecule has 46 valence electrons. The minimum absolute atomic E-state index is 1.22. The van der Waals surface area contributed by atoms with Gasteiger partial charge in [0.15, 0.2) is 0 Å². The molecular weight excluding hydrogens is 212 g/mol. The molecule has 0 aromatic heterocycles. The van der Waals surface area contributed by atoms with Crippen molar-refractivity contribution in [1.82, 2.24) is 4.81 Å². The molecule has 0 unspecified atom stereocenters. The van der Waals surface area contributed by atoms with E-state index in [4.69, 9.17) is 0 Å². The van der Waals surface area contributed by atoms with Crippen LogP contribution in [-0.2, 0) is 0 Å². The maximum atomic E-state index is 2.50. The fourth-order valence-corrected chi connectivity index (χ4v) is 1.76. The van der Waals surface area contributed by atoms with E-state index in [1.165, 1.54) is 37.6 Å². The van der Waals surface area contributed by atoms with E-state index in [2.05, 4.69) is 27.2 Å². The van der Waals surface area contributed by atoms with Crippen LogP contribution >= 0.6 is 22.4 Å². The van der Waals surface area contributed by atoms with Crippen molar-refractivity contribution < 1.29 is 0 Å². The Morgan fingerprint density at radius 2 is 1.75 bits per heavy atom. The van der Waals surface area contributed by atoms with Gasteiger partial charge < -0.3 is 4.81 Å². The van der Waals surface area contributed by atoms with Crippen LogP contribution in [0.15, 0.2) is 0 Å². The summed E-state index contributed by atoms with van der Waals surface area (Å²) in [7, 11) is 0. The van der Waals surface area contributed by atoms with Crippen LogP contribution in [0, 0.1) is 0 Å². The summed E-state index contributed by atoms with van der Waals surface area (Å²) in [5.74, 6) is 0. The van der Waals surface area contributed by atoms with Gasteiger partial charge in [0.2, 0.25) is 0 Å². The summed E-state index contributed by atoms with van der Waals surface area (Å²) in [5, 5.41) is 1.22. The second kappa shape index (κ2) is 3.72. The van der Waals surface area contributed by atoms with Crippen molar-refractivity contribution in [3.63, 3.8) is 0 Å². The lowest BCUT2D eigenvalue weighted by Crippen LogP contribution is -2.30. The highest BCUT2D eigenvalue weighted by molar-refractivity contribution is 14.1. The smallest absolute Gasteiger partial charge is 0.280 e. The topological polar surface area (TPSA) is 3.24 Å². The molecule has 1 heterocycles. The SMILES string of the molecule is IBN1CCCCC1. The molecule has 1 fully saturated rings. The number of rotatable bonds is 1. The molecule has 0 bridgehead atoms. The second-order valence-corrected chi connectivity index (χ2v) is 2.98. The summed E-state index contributed by atoms with van der Waals surface area (Å²) in [6, 6.07) is 0. The van der Waals surface area contributed by atoms with Crippen molar-refractivity contribution in [3.05, 3.63) is 0 Å². The molecule has 0 spiro atoms. The van der Waals surface area contributed by atoms with E-state index >= 15 is 0 Å². The molecule has 0 aromatic carbocycles. The van der Waals surface area contributed by atoms with E-state index in [-0.39, 0.29) is 0 Å². The average molecular weight is 223 g/mol. The summed E-state index contributed by atoms with van der Waals surface area (Å²) in [4.78, 5) is 2.50. The van der Waals surface area contributed by atoms with Gasteiger partial charge in [-0.15, -0.1) is 22.4 Å². The fourth-order valence-electron chi connectivity index (χ4n) is 1.08. The number of halogens is 1. The first kappa shape index (κ1) is 6.87. The number of piperidine rings is 1. The quantitative estimate of drug-likeness (QED) is 0.476. The molecular formula is C5H11BIN. The third-order valence-electron chi connectivity index (χ3n) is 1.62. The summed E-state index contributed by atoms with van der Waals surface area (Å²) in [6.07, 6.45) is 4.29. The van der Waals surface area contributed by atoms with Crippen LogP contribution in [0.3, 0.4) is 0 Å². The van der Waals surface area contributed by atoms with Gasteiger partial charge in [0.25, 0.3) is 5.27 Å². The lowest BCUT2D eigenvalue weighted by atomic mass is 10.1. The molecule has 1 aliphatic heterocycles. The van der Waals surface area contributed by atoms with Crippen LogP contribution in [0.4, 0.5) is 0 Å². The van der Waals surface area contributed by atoms with Crippen LogP contribution in [0.1, 0.15) is 19.3 Å². The molecule has 0 amide bonds. The first-order valence-electron chi connectivity index (χ1n) is 3.22. The Labute approximate surface area is 65.0 Å². The second-order valence-electron chi connectivity index (χ2n) is 2.30. The van der Waals surface area contributed by atoms with Gasteiger partial charge in [0.05, 0.1) is 0 Å². The molecule has 1 aliphatic rings. The number of nitrogens with zero attached hydrogens (tertiary/aromatic N) is 1. The Morgan fingerprint density at radius 1 is 1.12 bits per heavy atom. The molecule has 8 heavy (non-hydrogen) atoms. The van der Waals surface area contributed by atoms with Crippen molar-refractivity contribution in [2.75, 3.05) is 13.1 Å². The maximum absolute atomic E-state index is 2.50. The monoisotopic (exact) mass is 223 g/mol. The lowest BCUT2D eigenvalue weighted by molar-refractivity contribution is 0.366. The Bertz CT molecular complexity index is 63.4. The third kappa shape index (κ3) is 1.93. The van der Waals surface area contributed by atoms with Gasteiger partial charge in [0.1, 0.15) is 0 Å². The summed E-state index contributed by atoms with van der Waals surface area (Å²) >= 11 is 2.43. The molecule has 0 N–H and O–H groups in total. The Hall–Kier alpha value is 0.755. The van der Waals surface area contributed by atoms with Crippen molar-refractivity contribution in [2.45, 2.75) is 19.3 Å². The number of hydrogen-bond acceptors (Lipinski definition) is 1. The largest absolute Gasteiger partial charge is 0.336 e. The van der Waals surface area contributed by atoms with Gasteiger partial charge in [-0.1, -0.05) is 6.42 Å². The van der Waals surface area contributed by atoms with Crippen LogP contribution < -0.4 is 0 Å². The normalized spacial score (nSPS) is 23.1. The molecule has 1 rings (SSSR count). The molecule has 0 saturated carbocycles. The Balaban J connectivity index is 2.13. The zero-order valence-electron chi connectivity index (χ0n) is 5.07. The Morgan fingerprint density at radius 3 is 2.12 bits per heavy atom. The molecule has 0 aromatic rings. The lowest BCUT2D eigenvalue weighted by Gasteiger charge is -2.23. The molecule has 0 atom stereocenters. The first-order valence-corrected chi connectivity index (χ1v) is 4.74. The Kier molecular flexibility index (Phi) is 3.19. The predicted octanol–water partition coefficient (Wildman–Crippen LogP) is 1.17. The average Bonchev–Trinajstić information content (AvgIpc) is 1.90. The van der Waals surface area contributed by atoms with Gasteiger partial charge in [0, 0.05) is 0 Å².